The Morgan fingerprint density at radius 2 is 1.88 bits per heavy atom. The average molecular weight is 371 g/mol. The summed E-state index contributed by atoms with van der Waals surface area (Å²) >= 11 is 0. The van der Waals surface area contributed by atoms with Crippen molar-refractivity contribution in [1.82, 2.24) is 9.97 Å². The highest BCUT2D eigenvalue weighted by Gasteiger charge is 2.12. The van der Waals surface area contributed by atoms with Crippen LogP contribution in [0.5, 0.6) is 0 Å². The maximum Gasteiger partial charge on any atom is 0.243 e. The molecule has 1 amide bonds. The van der Waals surface area contributed by atoms with Crippen LogP contribution in [0.2, 0.25) is 0 Å². The Balaban J connectivity index is 1.73. The lowest BCUT2D eigenvalue weighted by atomic mass is 10.2. The molecule has 8 nitrogen and oxygen atoms in total. The number of aryl methyl sites for hydroxylation is 1. The molecule has 9 heteroatoms. The first-order valence-corrected chi connectivity index (χ1v) is 9.26. The molecule has 0 fully saturated rings. The van der Waals surface area contributed by atoms with E-state index in [2.05, 4.69) is 20.6 Å². The van der Waals surface area contributed by atoms with Gasteiger partial charge in [0.1, 0.15) is 5.52 Å². The van der Waals surface area contributed by atoms with Gasteiger partial charge in [-0.05, 0) is 36.8 Å². The normalized spacial score (nSPS) is 11.3. The zero-order valence-corrected chi connectivity index (χ0v) is 14.7. The van der Waals surface area contributed by atoms with E-state index in [0.717, 1.165) is 11.1 Å². The second-order valence-electron chi connectivity index (χ2n) is 5.65. The van der Waals surface area contributed by atoms with Gasteiger partial charge in [-0.1, -0.05) is 12.1 Å². The molecule has 0 atom stereocenters. The van der Waals surface area contributed by atoms with Crippen molar-refractivity contribution < 1.29 is 13.2 Å². The first-order chi connectivity index (χ1) is 12.3. The fourth-order valence-corrected chi connectivity index (χ4v) is 2.96. The van der Waals surface area contributed by atoms with Crippen molar-refractivity contribution in [3.8, 4) is 0 Å². The number of rotatable bonds is 5. The number of hydrogen-bond donors (Lipinski definition) is 3. The fourth-order valence-electron chi connectivity index (χ4n) is 2.42. The minimum absolute atomic E-state index is 0.0191. The highest BCUT2D eigenvalue weighted by Crippen LogP contribution is 2.20. The number of nitrogens with one attached hydrogen (secondary N) is 2. The van der Waals surface area contributed by atoms with E-state index in [-0.39, 0.29) is 17.3 Å². The summed E-state index contributed by atoms with van der Waals surface area (Å²) in [5, 5.41) is 10.8. The van der Waals surface area contributed by atoms with Crippen LogP contribution in [0.4, 0.5) is 11.4 Å². The molecule has 3 rings (SSSR count). The largest absolute Gasteiger partial charge is 0.374 e. The van der Waals surface area contributed by atoms with Gasteiger partial charge in [0.25, 0.3) is 0 Å². The smallest absolute Gasteiger partial charge is 0.243 e. The lowest BCUT2D eigenvalue weighted by Crippen LogP contribution is -2.22. The van der Waals surface area contributed by atoms with Gasteiger partial charge in [0.2, 0.25) is 15.9 Å². The molecule has 2 aromatic carbocycles. The van der Waals surface area contributed by atoms with E-state index < -0.39 is 10.0 Å². The molecule has 0 aliphatic heterocycles. The Bertz CT molecular complexity index is 1080. The topological polar surface area (TPSA) is 127 Å². The maximum atomic E-state index is 12.2. The number of carbonyl (C=O) groups excluding carboxylic acids is 1. The molecular formula is C17H17N5O3S. The van der Waals surface area contributed by atoms with Crippen LogP contribution in [-0.4, -0.2) is 30.8 Å². The van der Waals surface area contributed by atoms with Gasteiger partial charge < -0.3 is 10.6 Å². The molecule has 0 unspecified atom stereocenters. The molecule has 0 bridgehead atoms. The number of primary sulfonamides is 1. The number of sulfonamides is 1. The van der Waals surface area contributed by atoms with Crippen molar-refractivity contribution in [2.24, 2.45) is 5.14 Å². The van der Waals surface area contributed by atoms with Crippen molar-refractivity contribution in [3.05, 3.63) is 54.4 Å². The number of amides is 1. The van der Waals surface area contributed by atoms with Crippen molar-refractivity contribution in [3.63, 3.8) is 0 Å². The van der Waals surface area contributed by atoms with E-state index in [1.165, 1.54) is 12.1 Å². The number of fused-ring (bicyclic) bond motifs is 1. The Morgan fingerprint density at radius 1 is 1.12 bits per heavy atom. The first kappa shape index (κ1) is 17.8. The molecule has 0 saturated carbocycles. The van der Waals surface area contributed by atoms with E-state index in [1.54, 1.807) is 31.5 Å². The number of para-hydroxylation sites is 1. The molecule has 0 radical (unpaired) electrons. The molecule has 0 aliphatic rings. The van der Waals surface area contributed by atoms with Gasteiger partial charge in [-0.3, -0.25) is 14.8 Å². The average Bonchev–Trinajstić information content (AvgIpc) is 2.61. The van der Waals surface area contributed by atoms with Gasteiger partial charge in [-0.25, -0.2) is 13.6 Å². The summed E-state index contributed by atoms with van der Waals surface area (Å²) in [5.74, 6) is -0.333. The number of benzene rings is 2. The van der Waals surface area contributed by atoms with Gasteiger partial charge in [0.05, 0.1) is 22.6 Å². The maximum absolute atomic E-state index is 12.2. The van der Waals surface area contributed by atoms with Crippen molar-refractivity contribution in [1.29, 1.82) is 0 Å². The van der Waals surface area contributed by atoms with Gasteiger partial charge in [0.15, 0.2) is 0 Å². The molecule has 1 heterocycles. The number of hydrogen-bond acceptors (Lipinski definition) is 6. The van der Waals surface area contributed by atoms with Crippen LogP contribution in [0.25, 0.3) is 11.0 Å². The Kier molecular flexibility index (Phi) is 4.83. The predicted molar refractivity (Wildman–Crippen MR) is 99.2 cm³/mol. The zero-order chi connectivity index (χ0) is 18.7. The van der Waals surface area contributed by atoms with Gasteiger partial charge >= 0.3 is 0 Å². The molecular weight excluding hydrogens is 354 g/mol. The SMILES string of the molecule is Cc1ccc(S(N)(=O)=O)cc1NC(=O)CNc1cccc2nccnc12. The molecule has 134 valence electrons. The summed E-state index contributed by atoms with van der Waals surface area (Å²) in [5.41, 5.74) is 3.17. The number of anilines is 2. The second-order valence-corrected chi connectivity index (χ2v) is 7.21. The standard InChI is InChI=1S/C17H17N5O3S/c1-11-5-6-12(26(18,24)25)9-15(11)22-16(23)10-21-14-4-2-3-13-17(14)20-8-7-19-13/h2-9,21H,10H2,1H3,(H,22,23)(H2,18,24,25). The van der Waals surface area contributed by atoms with E-state index in [4.69, 9.17) is 5.14 Å². The summed E-state index contributed by atoms with van der Waals surface area (Å²) in [6, 6.07) is 9.77. The quantitative estimate of drug-likeness (QED) is 0.626. The summed E-state index contributed by atoms with van der Waals surface area (Å²) in [6.07, 6.45) is 3.18. The van der Waals surface area contributed by atoms with E-state index >= 15 is 0 Å². The lowest BCUT2D eigenvalue weighted by Gasteiger charge is -2.12. The molecule has 3 aromatic rings. The van der Waals surface area contributed by atoms with Crippen molar-refractivity contribution >= 4 is 38.3 Å². The van der Waals surface area contributed by atoms with Gasteiger partial charge in [0, 0.05) is 18.1 Å². The fraction of sp³-hybridized carbons (Fsp3) is 0.118. The van der Waals surface area contributed by atoms with Crippen LogP contribution in [0.3, 0.4) is 0 Å². The summed E-state index contributed by atoms with van der Waals surface area (Å²) in [4.78, 5) is 20.7. The second kappa shape index (κ2) is 7.06. The minimum Gasteiger partial charge on any atom is -0.374 e. The lowest BCUT2D eigenvalue weighted by molar-refractivity contribution is -0.114. The van der Waals surface area contributed by atoms with Gasteiger partial charge in [-0.2, -0.15) is 0 Å². The monoisotopic (exact) mass is 371 g/mol. The minimum atomic E-state index is -3.84. The molecule has 0 aliphatic carbocycles. The summed E-state index contributed by atoms with van der Waals surface area (Å²) < 4.78 is 22.9. The van der Waals surface area contributed by atoms with Crippen LogP contribution >= 0.6 is 0 Å². The predicted octanol–water partition coefficient (Wildman–Crippen LogP) is 1.64. The van der Waals surface area contributed by atoms with Crippen LogP contribution in [-0.2, 0) is 14.8 Å². The van der Waals surface area contributed by atoms with E-state index in [1.807, 2.05) is 12.1 Å². The molecule has 0 saturated heterocycles. The Labute approximate surface area is 150 Å². The summed E-state index contributed by atoms with van der Waals surface area (Å²) in [6.45, 7) is 1.74. The number of nitrogens with zero attached hydrogens (tertiary/aromatic N) is 2. The highest BCUT2D eigenvalue weighted by atomic mass is 32.2. The van der Waals surface area contributed by atoms with E-state index in [9.17, 15) is 13.2 Å². The van der Waals surface area contributed by atoms with Crippen LogP contribution in [0, 0.1) is 6.92 Å². The number of aromatic nitrogens is 2. The van der Waals surface area contributed by atoms with Crippen molar-refractivity contribution in [2.45, 2.75) is 11.8 Å². The third-order valence-electron chi connectivity index (χ3n) is 3.75. The highest BCUT2D eigenvalue weighted by molar-refractivity contribution is 7.89. The van der Waals surface area contributed by atoms with Crippen molar-refractivity contribution in [2.75, 3.05) is 17.2 Å². The molecule has 1 aromatic heterocycles. The molecule has 0 spiro atoms. The Hall–Kier alpha value is -3.04. The van der Waals surface area contributed by atoms with Crippen LogP contribution < -0.4 is 15.8 Å². The van der Waals surface area contributed by atoms with Gasteiger partial charge in [-0.15, -0.1) is 0 Å². The molecule has 4 N–H and O–H groups in total. The van der Waals surface area contributed by atoms with Crippen LogP contribution in [0.15, 0.2) is 53.7 Å². The Morgan fingerprint density at radius 3 is 2.65 bits per heavy atom. The number of carbonyl (C=O) groups is 1. The van der Waals surface area contributed by atoms with E-state index in [0.29, 0.717) is 16.9 Å². The van der Waals surface area contributed by atoms with Crippen LogP contribution in [0.1, 0.15) is 5.56 Å². The third kappa shape index (κ3) is 3.95. The first-order valence-electron chi connectivity index (χ1n) is 7.71. The number of nitrogens with two attached hydrogens (primary N) is 1. The summed E-state index contributed by atoms with van der Waals surface area (Å²) in [7, 11) is -3.84. The zero-order valence-electron chi connectivity index (χ0n) is 13.9. The molecule has 26 heavy (non-hydrogen) atoms. The third-order valence-corrected chi connectivity index (χ3v) is 4.66.